The Morgan fingerprint density at radius 1 is 1.53 bits per heavy atom. The van der Waals surface area contributed by atoms with Crippen molar-refractivity contribution in [3.63, 3.8) is 0 Å². The molecule has 1 aromatic rings. The van der Waals surface area contributed by atoms with Gasteiger partial charge < -0.3 is 10.3 Å². The van der Waals surface area contributed by atoms with Gasteiger partial charge in [-0.2, -0.15) is 4.98 Å². The lowest BCUT2D eigenvalue weighted by molar-refractivity contribution is 0.292. The molecular weight excluding hydrogens is 216 g/mol. The summed E-state index contributed by atoms with van der Waals surface area (Å²) in [5.74, 6) is 1.42. The number of likely N-dealkylation sites (tertiary alicyclic amines) is 1. The highest BCUT2D eigenvalue weighted by Crippen LogP contribution is 2.35. The van der Waals surface area contributed by atoms with E-state index in [0.717, 1.165) is 44.3 Å². The first-order valence-corrected chi connectivity index (χ1v) is 6.57. The molecule has 17 heavy (non-hydrogen) atoms. The minimum absolute atomic E-state index is 0.391. The van der Waals surface area contributed by atoms with Gasteiger partial charge in [-0.1, -0.05) is 12.1 Å². The van der Waals surface area contributed by atoms with Gasteiger partial charge in [0.05, 0.1) is 5.54 Å². The fourth-order valence-electron chi connectivity index (χ4n) is 2.57. The van der Waals surface area contributed by atoms with Gasteiger partial charge in [0.1, 0.15) is 0 Å². The molecule has 0 aromatic carbocycles. The zero-order valence-electron chi connectivity index (χ0n) is 10.4. The van der Waals surface area contributed by atoms with Gasteiger partial charge in [0, 0.05) is 25.6 Å². The average Bonchev–Trinajstić information content (AvgIpc) is 2.91. The van der Waals surface area contributed by atoms with Crippen molar-refractivity contribution in [2.24, 2.45) is 5.73 Å². The van der Waals surface area contributed by atoms with Crippen LogP contribution < -0.4 is 5.73 Å². The number of nitrogens with two attached hydrogens (primary N) is 1. The van der Waals surface area contributed by atoms with Crippen LogP contribution in [0.4, 0.5) is 0 Å². The van der Waals surface area contributed by atoms with Gasteiger partial charge in [-0.05, 0) is 25.7 Å². The summed E-state index contributed by atoms with van der Waals surface area (Å²) < 4.78 is 5.23. The molecule has 1 aliphatic carbocycles. The molecule has 2 fully saturated rings. The van der Waals surface area contributed by atoms with Crippen LogP contribution in [-0.2, 0) is 12.0 Å². The van der Waals surface area contributed by atoms with Gasteiger partial charge in [-0.25, -0.2) is 0 Å². The van der Waals surface area contributed by atoms with Crippen molar-refractivity contribution in [3.8, 4) is 0 Å². The molecular formula is C12H20N4O. The molecule has 1 aromatic heterocycles. The zero-order chi connectivity index (χ0) is 11.9. The molecule has 2 heterocycles. The molecule has 1 saturated carbocycles. The summed E-state index contributed by atoms with van der Waals surface area (Å²) in [6.45, 7) is 4.05. The second-order valence-electron chi connectivity index (χ2n) is 5.37. The van der Waals surface area contributed by atoms with E-state index in [0.29, 0.717) is 5.82 Å². The van der Waals surface area contributed by atoms with Gasteiger partial charge in [0.15, 0.2) is 5.82 Å². The average molecular weight is 236 g/mol. The summed E-state index contributed by atoms with van der Waals surface area (Å²) in [5, 5.41) is 4.06. The van der Waals surface area contributed by atoms with E-state index in [4.69, 9.17) is 10.3 Å². The van der Waals surface area contributed by atoms with Crippen molar-refractivity contribution in [1.82, 2.24) is 15.0 Å². The van der Waals surface area contributed by atoms with E-state index in [1.807, 2.05) is 0 Å². The van der Waals surface area contributed by atoms with E-state index in [9.17, 15) is 0 Å². The van der Waals surface area contributed by atoms with Gasteiger partial charge in [0.2, 0.25) is 5.89 Å². The third-order valence-corrected chi connectivity index (χ3v) is 3.77. The first-order chi connectivity index (χ1) is 8.21. The Balaban J connectivity index is 1.73. The van der Waals surface area contributed by atoms with Crippen LogP contribution in [0.1, 0.15) is 44.3 Å². The van der Waals surface area contributed by atoms with Crippen LogP contribution in [0.2, 0.25) is 0 Å². The second kappa shape index (κ2) is 4.07. The number of nitrogens with zero attached hydrogens (tertiary/aromatic N) is 3. The lowest BCUT2D eigenvalue weighted by Gasteiger charge is -2.20. The van der Waals surface area contributed by atoms with Crippen molar-refractivity contribution in [3.05, 3.63) is 11.7 Å². The number of hydrogen-bond donors (Lipinski definition) is 1. The highest BCUT2D eigenvalue weighted by Gasteiger charge is 2.44. The summed E-state index contributed by atoms with van der Waals surface area (Å²) in [5.41, 5.74) is 6.03. The van der Waals surface area contributed by atoms with E-state index >= 15 is 0 Å². The van der Waals surface area contributed by atoms with Gasteiger partial charge in [0.25, 0.3) is 0 Å². The number of rotatable bonds is 4. The minimum Gasteiger partial charge on any atom is -0.339 e. The van der Waals surface area contributed by atoms with Crippen LogP contribution in [0.25, 0.3) is 0 Å². The van der Waals surface area contributed by atoms with E-state index in [2.05, 4.69) is 22.0 Å². The molecule has 3 rings (SSSR count). The lowest BCUT2D eigenvalue weighted by atomic mass is 9.99. The standard InChI is InChI=1S/C12H20N4O/c1-2-3-10-14-11(15-17-10)12(13)6-7-16(8-12)9-4-5-9/h9H,2-8,13H2,1H3. The summed E-state index contributed by atoms with van der Waals surface area (Å²) in [7, 11) is 0. The quantitative estimate of drug-likeness (QED) is 0.846. The second-order valence-corrected chi connectivity index (χ2v) is 5.37. The van der Waals surface area contributed by atoms with Gasteiger partial charge in [-0.15, -0.1) is 0 Å². The molecule has 1 atom stereocenters. The molecule has 2 N–H and O–H groups in total. The van der Waals surface area contributed by atoms with Crippen LogP contribution in [0.5, 0.6) is 0 Å². The molecule has 0 bridgehead atoms. The van der Waals surface area contributed by atoms with Crippen LogP contribution >= 0.6 is 0 Å². The molecule has 1 unspecified atom stereocenters. The predicted octanol–water partition coefficient (Wildman–Crippen LogP) is 1.04. The Morgan fingerprint density at radius 2 is 2.35 bits per heavy atom. The zero-order valence-corrected chi connectivity index (χ0v) is 10.4. The molecule has 1 aliphatic heterocycles. The number of aromatic nitrogens is 2. The van der Waals surface area contributed by atoms with Crippen LogP contribution in [0, 0.1) is 0 Å². The molecule has 2 aliphatic rings. The maximum Gasteiger partial charge on any atom is 0.226 e. The van der Waals surface area contributed by atoms with Crippen LogP contribution in [0.15, 0.2) is 4.52 Å². The Hall–Kier alpha value is -0.940. The summed E-state index contributed by atoms with van der Waals surface area (Å²) >= 11 is 0. The summed E-state index contributed by atoms with van der Waals surface area (Å²) in [6.07, 6.45) is 5.45. The van der Waals surface area contributed by atoms with E-state index in [1.54, 1.807) is 0 Å². The Kier molecular flexibility index (Phi) is 2.67. The Bertz CT molecular complexity index is 401. The molecule has 0 spiro atoms. The monoisotopic (exact) mass is 236 g/mol. The van der Waals surface area contributed by atoms with E-state index in [1.165, 1.54) is 12.8 Å². The smallest absolute Gasteiger partial charge is 0.226 e. The number of hydrogen-bond acceptors (Lipinski definition) is 5. The van der Waals surface area contributed by atoms with Gasteiger partial charge in [-0.3, -0.25) is 4.90 Å². The molecule has 0 radical (unpaired) electrons. The van der Waals surface area contributed by atoms with Crippen molar-refractivity contribution < 1.29 is 4.52 Å². The fourth-order valence-corrected chi connectivity index (χ4v) is 2.57. The largest absolute Gasteiger partial charge is 0.339 e. The van der Waals surface area contributed by atoms with Crippen LogP contribution in [-0.4, -0.2) is 34.2 Å². The first kappa shape index (κ1) is 11.2. The van der Waals surface area contributed by atoms with E-state index < -0.39 is 5.54 Å². The third-order valence-electron chi connectivity index (χ3n) is 3.77. The normalized spacial score (nSPS) is 30.0. The van der Waals surface area contributed by atoms with Crippen LogP contribution in [0.3, 0.4) is 0 Å². The Morgan fingerprint density at radius 3 is 3.06 bits per heavy atom. The fraction of sp³-hybridized carbons (Fsp3) is 0.833. The van der Waals surface area contributed by atoms with Crippen molar-refractivity contribution in [1.29, 1.82) is 0 Å². The number of aryl methyl sites for hydroxylation is 1. The minimum atomic E-state index is -0.391. The van der Waals surface area contributed by atoms with Crippen molar-refractivity contribution in [2.75, 3.05) is 13.1 Å². The molecule has 94 valence electrons. The summed E-state index contributed by atoms with van der Waals surface area (Å²) in [4.78, 5) is 6.91. The maximum absolute atomic E-state index is 6.42. The van der Waals surface area contributed by atoms with E-state index in [-0.39, 0.29) is 0 Å². The molecule has 5 heteroatoms. The summed E-state index contributed by atoms with van der Waals surface area (Å²) in [6, 6.07) is 0.766. The predicted molar refractivity (Wildman–Crippen MR) is 63.4 cm³/mol. The third kappa shape index (κ3) is 2.09. The lowest BCUT2D eigenvalue weighted by Crippen LogP contribution is -2.41. The first-order valence-electron chi connectivity index (χ1n) is 6.57. The van der Waals surface area contributed by atoms with Crippen molar-refractivity contribution in [2.45, 2.75) is 50.6 Å². The van der Waals surface area contributed by atoms with Gasteiger partial charge >= 0.3 is 0 Å². The SMILES string of the molecule is CCCc1nc(C2(N)CCN(C3CC3)C2)no1. The molecule has 5 nitrogen and oxygen atoms in total. The Labute approximate surface area is 101 Å². The van der Waals surface area contributed by atoms with Crippen molar-refractivity contribution >= 4 is 0 Å². The maximum atomic E-state index is 6.42. The molecule has 1 saturated heterocycles. The topological polar surface area (TPSA) is 68.2 Å². The highest BCUT2D eigenvalue weighted by molar-refractivity contribution is 5.10. The molecule has 0 amide bonds. The highest BCUT2D eigenvalue weighted by atomic mass is 16.5.